The van der Waals surface area contributed by atoms with Crippen LogP contribution >= 0.6 is 0 Å². The Morgan fingerprint density at radius 3 is 2.54 bits per heavy atom. The lowest BCUT2D eigenvalue weighted by Crippen LogP contribution is -2.46. The van der Waals surface area contributed by atoms with Gasteiger partial charge in [0.25, 0.3) is 0 Å². The average molecular weight is 346 g/mol. The predicted octanol–water partition coefficient (Wildman–Crippen LogP) is -0.458. The summed E-state index contributed by atoms with van der Waals surface area (Å²) >= 11 is 0. The molecule has 0 aliphatic carbocycles. The van der Waals surface area contributed by atoms with Crippen molar-refractivity contribution in [3.05, 3.63) is 0 Å². The number of carbonyl (C=O) groups excluding carboxylic acids is 2. The van der Waals surface area contributed by atoms with Gasteiger partial charge in [-0.15, -0.1) is 0 Å². The van der Waals surface area contributed by atoms with Crippen LogP contribution in [0.15, 0.2) is 0 Å². The first-order valence-electron chi connectivity index (χ1n) is 7.65. The summed E-state index contributed by atoms with van der Waals surface area (Å²) in [6, 6.07) is 0. The minimum absolute atomic E-state index is 0.0921. The van der Waals surface area contributed by atoms with Gasteiger partial charge >= 0.3 is 12.1 Å². The first kappa shape index (κ1) is 16.0. The molecule has 2 unspecified atom stereocenters. The summed E-state index contributed by atoms with van der Waals surface area (Å²) in [5.41, 5.74) is -1.10. The second-order valence-corrected chi connectivity index (χ2v) is 6.34. The fourth-order valence-electron chi connectivity index (χ4n) is 3.03. The van der Waals surface area contributed by atoms with Crippen LogP contribution in [0.1, 0.15) is 6.92 Å². The van der Waals surface area contributed by atoms with Crippen LogP contribution in [0.5, 0.6) is 0 Å². The van der Waals surface area contributed by atoms with Crippen molar-refractivity contribution in [1.82, 2.24) is 0 Å². The van der Waals surface area contributed by atoms with Crippen molar-refractivity contribution in [2.24, 2.45) is 5.41 Å². The van der Waals surface area contributed by atoms with Gasteiger partial charge in [0.2, 0.25) is 6.29 Å². The van der Waals surface area contributed by atoms with Crippen LogP contribution in [0, 0.1) is 5.41 Å². The van der Waals surface area contributed by atoms with E-state index in [1.165, 1.54) is 0 Å². The summed E-state index contributed by atoms with van der Waals surface area (Å²) in [6.45, 7) is 2.01. The maximum atomic E-state index is 12.5. The molecule has 0 saturated carbocycles. The molecule has 0 spiro atoms. The summed E-state index contributed by atoms with van der Waals surface area (Å²) in [7, 11) is 0. The maximum absolute atomic E-state index is 12.5. The molecule has 24 heavy (non-hydrogen) atoms. The molecule has 0 amide bonds. The Kier molecular flexibility index (Phi) is 4.09. The third kappa shape index (κ3) is 2.74. The lowest BCUT2D eigenvalue weighted by Gasteiger charge is -2.31. The van der Waals surface area contributed by atoms with Crippen molar-refractivity contribution in [1.29, 1.82) is 0 Å². The SMILES string of the molecule is CC1(C(=O)OC2O[C@H](C3COCO3)[C@@H]3OCO[C@H]23)COC(=O)OC1. The van der Waals surface area contributed by atoms with Gasteiger partial charge in [-0.3, -0.25) is 4.79 Å². The average Bonchev–Trinajstić information content (AvgIpc) is 3.29. The zero-order chi connectivity index (χ0) is 16.7. The number of hydrogen-bond donors (Lipinski definition) is 0. The summed E-state index contributed by atoms with van der Waals surface area (Å²) < 4.78 is 42.4. The second-order valence-electron chi connectivity index (χ2n) is 6.34. The number of cyclic esters (lactones) is 2. The van der Waals surface area contributed by atoms with Crippen LogP contribution in [-0.4, -0.2) is 76.2 Å². The maximum Gasteiger partial charge on any atom is 0.508 e. The first-order chi connectivity index (χ1) is 11.6. The van der Waals surface area contributed by atoms with Crippen LogP contribution in [-0.2, 0) is 42.7 Å². The van der Waals surface area contributed by atoms with E-state index in [1.807, 2.05) is 0 Å². The molecule has 4 aliphatic heterocycles. The zero-order valence-electron chi connectivity index (χ0n) is 13.0. The summed E-state index contributed by atoms with van der Waals surface area (Å²) in [5.74, 6) is -0.599. The first-order valence-corrected chi connectivity index (χ1v) is 7.65. The van der Waals surface area contributed by atoms with Crippen LogP contribution in [0.3, 0.4) is 0 Å². The Morgan fingerprint density at radius 1 is 1.08 bits per heavy atom. The van der Waals surface area contributed by atoms with Crippen molar-refractivity contribution >= 4 is 12.1 Å². The third-order valence-electron chi connectivity index (χ3n) is 4.48. The van der Waals surface area contributed by atoms with Crippen molar-refractivity contribution in [3.8, 4) is 0 Å². The normalized spacial score (nSPS) is 40.7. The number of ether oxygens (including phenoxy) is 8. The van der Waals surface area contributed by atoms with Gasteiger partial charge in [-0.25, -0.2) is 4.79 Å². The van der Waals surface area contributed by atoms with Gasteiger partial charge in [-0.1, -0.05) is 0 Å². The molecule has 10 heteroatoms. The number of fused-ring (bicyclic) bond motifs is 1. The molecule has 4 fully saturated rings. The summed E-state index contributed by atoms with van der Waals surface area (Å²) in [5, 5.41) is 0. The molecule has 0 aromatic heterocycles. The van der Waals surface area contributed by atoms with E-state index in [4.69, 9.17) is 37.9 Å². The van der Waals surface area contributed by atoms with Gasteiger partial charge in [-0.05, 0) is 6.92 Å². The standard InChI is InChI=1S/C14H18O10/c1-14(3-18-13(16)19-4-14)12(15)24-11-10-9(21-6-22-10)8(23-11)7-2-17-5-20-7/h7-11H,2-6H2,1H3/t7?,8-,9+,10+,11?/m1/s1. The number of hydrogen-bond acceptors (Lipinski definition) is 10. The Hall–Kier alpha value is -1.46. The Bertz CT molecular complexity index is 506. The highest BCUT2D eigenvalue weighted by molar-refractivity contribution is 5.78. The number of esters is 1. The highest BCUT2D eigenvalue weighted by atomic mass is 16.8. The van der Waals surface area contributed by atoms with Gasteiger partial charge in [0.15, 0.2) is 6.10 Å². The van der Waals surface area contributed by atoms with Gasteiger partial charge in [0.1, 0.15) is 50.5 Å². The lowest BCUT2D eigenvalue weighted by atomic mass is 9.92. The Morgan fingerprint density at radius 2 is 1.83 bits per heavy atom. The molecule has 134 valence electrons. The highest BCUT2D eigenvalue weighted by Gasteiger charge is 2.56. The molecule has 0 N–H and O–H groups in total. The Balaban J connectivity index is 1.42. The van der Waals surface area contributed by atoms with Crippen molar-refractivity contribution < 1.29 is 47.5 Å². The van der Waals surface area contributed by atoms with Crippen LogP contribution in [0.2, 0.25) is 0 Å². The minimum atomic E-state index is -1.10. The molecule has 4 saturated heterocycles. The van der Waals surface area contributed by atoms with Crippen LogP contribution in [0.25, 0.3) is 0 Å². The van der Waals surface area contributed by atoms with Gasteiger partial charge < -0.3 is 37.9 Å². The third-order valence-corrected chi connectivity index (χ3v) is 4.48. The zero-order valence-corrected chi connectivity index (χ0v) is 13.0. The molecule has 0 aromatic carbocycles. The van der Waals surface area contributed by atoms with Gasteiger partial charge in [0, 0.05) is 0 Å². The molecular weight excluding hydrogens is 328 g/mol. The van der Waals surface area contributed by atoms with E-state index in [-0.39, 0.29) is 32.9 Å². The number of carbonyl (C=O) groups is 2. The van der Waals surface area contributed by atoms with E-state index in [9.17, 15) is 9.59 Å². The van der Waals surface area contributed by atoms with Gasteiger partial charge in [-0.2, -0.15) is 0 Å². The van der Waals surface area contributed by atoms with Crippen LogP contribution < -0.4 is 0 Å². The monoisotopic (exact) mass is 346 g/mol. The fraction of sp³-hybridized carbons (Fsp3) is 0.857. The molecule has 5 atom stereocenters. The molecule has 0 bridgehead atoms. The second kappa shape index (κ2) is 6.12. The summed E-state index contributed by atoms with van der Waals surface area (Å²) in [4.78, 5) is 23.4. The molecule has 0 radical (unpaired) electrons. The van der Waals surface area contributed by atoms with E-state index in [0.717, 1.165) is 0 Å². The molecule has 4 rings (SSSR count). The largest absolute Gasteiger partial charge is 0.508 e. The topological polar surface area (TPSA) is 108 Å². The van der Waals surface area contributed by atoms with Gasteiger partial charge in [0.05, 0.1) is 6.61 Å². The summed E-state index contributed by atoms with van der Waals surface area (Å²) in [6.07, 6.45) is -3.44. The van der Waals surface area contributed by atoms with Crippen molar-refractivity contribution in [3.63, 3.8) is 0 Å². The van der Waals surface area contributed by atoms with E-state index in [0.29, 0.717) is 6.61 Å². The van der Waals surface area contributed by atoms with E-state index in [2.05, 4.69) is 0 Å². The van der Waals surface area contributed by atoms with Crippen LogP contribution in [0.4, 0.5) is 4.79 Å². The quantitative estimate of drug-likeness (QED) is 0.623. The van der Waals surface area contributed by atoms with E-state index in [1.54, 1.807) is 6.92 Å². The van der Waals surface area contributed by atoms with Crippen molar-refractivity contribution in [2.45, 2.75) is 37.6 Å². The number of rotatable bonds is 3. The van der Waals surface area contributed by atoms with E-state index >= 15 is 0 Å². The highest BCUT2D eigenvalue weighted by Crippen LogP contribution is 2.36. The smallest absolute Gasteiger partial charge is 0.433 e. The Labute approximate surface area is 137 Å². The minimum Gasteiger partial charge on any atom is -0.433 e. The molecule has 4 aliphatic rings. The van der Waals surface area contributed by atoms with Crippen molar-refractivity contribution in [2.75, 3.05) is 33.4 Å². The van der Waals surface area contributed by atoms with E-state index < -0.39 is 42.1 Å². The predicted molar refractivity (Wildman–Crippen MR) is 70.5 cm³/mol. The molecule has 4 heterocycles. The molecule has 0 aromatic rings. The molecular formula is C14H18O10. The molecule has 10 nitrogen and oxygen atoms in total. The lowest BCUT2D eigenvalue weighted by molar-refractivity contribution is -0.218. The fourth-order valence-corrected chi connectivity index (χ4v) is 3.03.